The second kappa shape index (κ2) is 6.75. The molecule has 2 fully saturated rings. The molecule has 1 aliphatic carbocycles. The highest BCUT2D eigenvalue weighted by Gasteiger charge is 2.45. The molecule has 1 N–H and O–H groups in total. The maximum Gasteiger partial charge on any atom is 0.308 e. The number of hydrogen-bond donors (Lipinski definition) is 1. The largest absolute Gasteiger partial charge is 0.496 e. The molecule has 6 heteroatoms. The fourth-order valence-corrected chi connectivity index (χ4v) is 4.09. The molecule has 0 bridgehead atoms. The van der Waals surface area contributed by atoms with Crippen molar-refractivity contribution in [3.8, 4) is 17.2 Å². The summed E-state index contributed by atoms with van der Waals surface area (Å²) < 4.78 is 17.1. The minimum Gasteiger partial charge on any atom is -0.496 e. The molecule has 0 aromatic heterocycles. The lowest BCUT2D eigenvalue weighted by Crippen LogP contribution is -2.24. The van der Waals surface area contributed by atoms with Gasteiger partial charge in [0.25, 0.3) is 0 Å². The normalized spacial score (nSPS) is 26.3. The van der Waals surface area contributed by atoms with Crippen molar-refractivity contribution in [2.24, 2.45) is 17.8 Å². The van der Waals surface area contributed by atoms with Crippen molar-refractivity contribution >= 4 is 5.97 Å². The Morgan fingerprint density at radius 2 is 1.96 bits per heavy atom. The molecule has 1 aromatic carbocycles. The first kappa shape index (κ1) is 16.5. The molecule has 1 saturated heterocycles. The summed E-state index contributed by atoms with van der Waals surface area (Å²) in [5.74, 6) is 2.20. The lowest BCUT2D eigenvalue weighted by molar-refractivity contribution is -0.142. The highest BCUT2D eigenvalue weighted by atomic mass is 16.5. The van der Waals surface area contributed by atoms with E-state index in [1.54, 1.807) is 7.11 Å². The smallest absolute Gasteiger partial charge is 0.308 e. The third-order valence-corrected chi connectivity index (χ3v) is 5.53. The van der Waals surface area contributed by atoms with Gasteiger partial charge in [0.2, 0.25) is 0 Å². The highest BCUT2D eigenvalue weighted by Crippen LogP contribution is 2.45. The Hall–Kier alpha value is -1.95. The number of ether oxygens (including phenoxy) is 3. The number of carboxylic acids is 1. The molecule has 1 saturated carbocycles. The Morgan fingerprint density at radius 1 is 1.24 bits per heavy atom. The van der Waals surface area contributed by atoms with E-state index >= 15 is 0 Å². The zero-order chi connectivity index (χ0) is 17.4. The van der Waals surface area contributed by atoms with E-state index in [1.165, 1.54) is 12.8 Å². The second-order valence-corrected chi connectivity index (χ2v) is 7.30. The van der Waals surface area contributed by atoms with Crippen molar-refractivity contribution in [2.75, 3.05) is 33.4 Å². The van der Waals surface area contributed by atoms with Gasteiger partial charge in [-0.15, -0.1) is 0 Å². The lowest BCUT2D eigenvalue weighted by Gasteiger charge is -2.19. The molecule has 2 heterocycles. The molecule has 1 aromatic rings. The molecule has 136 valence electrons. The molecular weight excluding hydrogens is 322 g/mol. The van der Waals surface area contributed by atoms with Gasteiger partial charge < -0.3 is 19.3 Å². The SMILES string of the molecule is COc1cc2c(cc1CN1C[C@@H](C(=O)O)[C@H](C3CC3)C1)OCCCO2. The number of carbonyl (C=O) groups is 1. The van der Waals surface area contributed by atoms with Crippen molar-refractivity contribution < 1.29 is 24.1 Å². The van der Waals surface area contributed by atoms with Gasteiger partial charge in [-0.2, -0.15) is 0 Å². The highest BCUT2D eigenvalue weighted by molar-refractivity contribution is 5.71. The third-order valence-electron chi connectivity index (χ3n) is 5.53. The van der Waals surface area contributed by atoms with Crippen LogP contribution in [0.3, 0.4) is 0 Å². The number of benzene rings is 1. The average Bonchev–Trinajstić information content (AvgIpc) is 3.39. The van der Waals surface area contributed by atoms with Crippen LogP contribution in [-0.4, -0.2) is 49.4 Å². The van der Waals surface area contributed by atoms with Crippen LogP contribution in [-0.2, 0) is 11.3 Å². The minimum absolute atomic E-state index is 0.251. The predicted molar refractivity (Wildman–Crippen MR) is 91.2 cm³/mol. The van der Waals surface area contributed by atoms with Crippen LogP contribution in [0.15, 0.2) is 12.1 Å². The monoisotopic (exact) mass is 347 g/mol. The molecule has 6 nitrogen and oxygen atoms in total. The summed E-state index contributed by atoms with van der Waals surface area (Å²) in [7, 11) is 1.65. The standard InChI is InChI=1S/C19H25NO5/c1-23-16-8-18-17(24-5-2-6-25-18)7-13(16)9-20-10-14(12-3-4-12)15(11-20)19(21)22/h7-8,12,14-15H,2-6,9-11H2,1H3,(H,21,22)/t14-,15+/m0/s1. The summed E-state index contributed by atoms with van der Waals surface area (Å²) in [5, 5.41) is 9.55. The molecule has 0 amide bonds. The van der Waals surface area contributed by atoms with Gasteiger partial charge in [-0.3, -0.25) is 9.69 Å². The van der Waals surface area contributed by atoms with Crippen molar-refractivity contribution in [1.29, 1.82) is 0 Å². The van der Waals surface area contributed by atoms with Crippen molar-refractivity contribution in [3.63, 3.8) is 0 Å². The first-order chi connectivity index (χ1) is 12.2. The first-order valence-electron chi connectivity index (χ1n) is 9.07. The van der Waals surface area contributed by atoms with Gasteiger partial charge in [-0.1, -0.05) is 0 Å². The molecular formula is C19H25NO5. The lowest BCUT2D eigenvalue weighted by atomic mass is 9.92. The summed E-state index contributed by atoms with van der Waals surface area (Å²) in [4.78, 5) is 13.8. The Labute approximate surface area is 147 Å². The zero-order valence-corrected chi connectivity index (χ0v) is 14.6. The first-order valence-corrected chi connectivity index (χ1v) is 9.07. The topological polar surface area (TPSA) is 68.2 Å². The summed E-state index contributed by atoms with van der Waals surface area (Å²) in [6, 6.07) is 3.87. The number of nitrogens with zero attached hydrogens (tertiary/aromatic N) is 1. The van der Waals surface area contributed by atoms with E-state index in [4.69, 9.17) is 14.2 Å². The van der Waals surface area contributed by atoms with E-state index in [9.17, 15) is 9.90 Å². The summed E-state index contributed by atoms with van der Waals surface area (Å²) in [6.07, 6.45) is 3.22. The van der Waals surface area contributed by atoms with E-state index in [-0.39, 0.29) is 11.8 Å². The fourth-order valence-electron chi connectivity index (χ4n) is 4.09. The van der Waals surface area contributed by atoms with Crippen LogP contribution in [0.1, 0.15) is 24.8 Å². The Balaban J connectivity index is 1.54. The molecule has 0 spiro atoms. The van der Waals surface area contributed by atoms with Gasteiger partial charge >= 0.3 is 5.97 Å². The van der Waals surface area contributed by atoms with Crippen molar-refractivity contribution in [2.45, 2.75) is 25.8 Å². The fraction of sp³-hybridized carbons (Fsp3) is 0.632. The number of rotatable bonds is 5. The van der Waals surface area contributed by atoms with Crippen LogP contribution in [0.25, 0.3) is 0 Å². The van der Waals surface area contributed by atoms with Crippen molar-refractivity contribution in [3.05, 3.63) is 17.7 Å². The van der Waals surface area contributed by atoms with Crippen LogP contribution in [0.5, 0.6) is 17.2 Å². The van der Waals surface area contributed by atoms with Gasteiger partial charge in [0.1, 0.15) is 5.75 Å². The van der Waals surface area contributed by atoms with E-state index in [1.807, 2.05) is 12.1 Å². The number of carboxylic acid groups (broad SMARTS) is 1. The van der Waals surface area contributed by atoms with E-state index < -0.39 is 5.97 Å². The van der Waals surface area contributed by atoms with Crippen molar-refractivity contribution in [1.82, 2.24) is 4.90 Å². The molecule has 25 heavy (non-hydrogen) atoms. The quantitative estimate of drug-likeness (QED) is 0.882. The Morgan fingerprint density at radius 3 is 2.60 bits per heavy atom. The van der Waals surface area contributed by atoms with Crippen LogP contribution in [0, 0.1) is 17.8 Å². The van der Waals surface area contributed by atoms with Crippen LogP contribution in [0.4, 0.5) is 0 Å². The summed E-state index contributed by atoms with van der Waals surface area (Å²) in [5.41, 5.74) is 1.02. The second-order valence-electron chi connectivity index (χ2n) is 7.30. The predicted octanol–water partition coefficient (Wildman–Crippen LogP) is 2.40. The molecule has 2 atom stereocenters. The van der Waals surface area contributed by atoms with Crippen LogP contribution in [0.2, 0.25) is 0 Å². The maximum absolute atomic E-state index is 11.6. The van der Waals surface area contributed by atoms with E-state index in [2.05, 4.69) is 4.90 Å². The molecule has 3 aliphatic rings. The number of methoxy groups -OCH3 is 1. The van der Waals surface area contributed by atoms with Crippen LogP contribution >= 0.6 is 0 Å². The van der Waals surface area contributed by atoms with Gasteiger partial charge in [-0.25, -0.2) is 0 Å². The summed E-state index contributed by atoms with van der Waals surface area (Å²) in [6.45, 7) is 3.42. The number of fused-ring (bicyclic) bond motifs is 1. The summed E-state index contributed by atoms with van der Waals surface area (Å²) >= 11 is 0. The number of aliphatic carboxylic acids is 1. The van der Waals surface area contributed by atoms with Gasteiger partial charge in [-0.05, 0) is 30.7 Å². The average molecular weight is 347 g/mol. The van der Waals surface area contributed by atoms with E-state index in [0.29, 0.717) is 32.2 Å². The zero-order valence-electron chi connectivity index (χ0n) is 14.6. The molecule has 4 rings (SSSR count). The van der Waals surface area contributed by atoms with Gasteiger partial charge in [0.05, 0.1) is 26.2 Å². The Bertz CT molecular complexity index is 657. The Kier molecular flexibility index (Phi) is 4.46. The van der Waals surface area contributed by atoms with Gasteiger partial charge in [0, 0.05) is 37.7 Å². The number of likely N-dealkylation sites (tertiary alicyclic amines) is 1. The maximum atomic E-state index is 11.6. The van der Waals surface area contributed by atoms with Gasteiger partial charge in [0.15, 0.2) is 11.5 Å². The molecule has 0 radical (unpaired) electrons. The minimum atomic E-state index is -0.662. The third kappa shape index (κ3) is 3.40. The molecule has 2 aliphatic heterocycles. The van der Waals surface area contributed by atoms with Crippen LogP contribution < -0.4 is 14.2 Å². The van der Waals surface area contributed by atoms with E-state index in [0.717, 1.165) is 35.8 Å². The number of hydrogen-bond acceptors (Lipinski definition) is 5. The molecule has 0 unspecified atom stereocenters.